The molecule has 0 aliphatic heterocycles. The number of amides is 1. The molecule has 3 aromatic rings. The molecule has 0 aliphatic carbocycles. The number of carbonyl (C=O) groups is 1. The molecule has 1 N–H and O–H groups in total. The first kappa shape index (κ1) is 17.6. The van der Waals surface area contributed by atoms with Crippen molar-refractivity contribution in [2.45, 2.75) is 9.79 Å². The van der Waals surface area contributed by atoms with E-state index in [0.717, 1.165) is 5.56 Å². The number of anilines is 1. The second-order valence-electron chi connectivity index (χ2n) is 5.45. The van der Waals surface area contributed by atoms with Crippen LogP contribution in [0.5, 0.6) is 0 Å². The van der Waals surface area contributed by atoms with Gasteiger partial charge in [0.1, 0.15) is 0 Å². The first-order valence-corrected chi connectivity index (χ1v) is 9.33. The molecular weight excluding hydrogens is 348 g/mol. The highest BCUT2D eigenvalue weighted by Crippen LogP contribution is 2.22. The Hall–Kier alpha value is -3.25. The van der Waals surface area contributed by atoms with Gasteiger partial charge in [0.05, 0.1) is 9.79 Å². The SMILES string of the molecule is O=C(C=Cc1cccnc1)Nc1ccc(S(=O)(=O)c2ccccc2)cc1. The number of rotatable bonds is 5. The Labute approximate surface area is 152 Å². The molecule has 0 saturated heterocycles. The van der Waals surface area contributed by atoms with Crippen molar-refractivity contribution in [2.24, 2.45) is 0 Å². The van der Waals surface area contributed by atoms with Crippen LogP contribution in [0.4, 0.5) is 5.69 Å². The van der Waals surface area contributed by atoms with Crippen LogP contribution in [0.25, 0.3) is 6.08 Å². The molecule has 130 valence electrons. The summed E-state index contributed by atoms with van der Waals surface area (Å²) in [4.78, 5) is 16.3. The van der Waals surface area contributed by atoms with Gasteiger partial charge >= 0.3 is 0 Å². The maximum Gasteiger partial charge on any atom is 0.248 e. The fraction of sp³-hybridized carbons (Fsp3) is 0. The van der Waals surface area contributed by atoms with Crippen LogP contribution in [0.15, 0.2) is 95.0 Å². The number of nitrogens with zero attached hydrogens (tertiary/aromatic N) is 1. The van der Waals surface area contributed by atoms with Gasteiger partial charge in [-0.05, 0) is 54.1 Å². The highest BCUT2D eigenvalue weighted by molar-refractivity contribution is 7.91. The molecule has 1 amide bonds. The smallest absolute Gasteiger partial charge is 0.248 e. The fourth-order valence-electron chi connectivity index (χ4n) is 2.28. The lowest BCUT2D eigenvalue weighted by atomic mass is 10.2. The molecule has 0 bridgehead atoms. The summed E-state index contributed by atoms with van der Waals surface area (Å²) in [5.41, 5.74) is 1.32. The predicted molar refractivity (Wildman–Crippen MR) is 100 cm³/mol. The number of hydrogen-bond acceptors (Lipinski definition) is 4. The summed E-state index contributed by atoms with van der Waals surface area (Å²) in [5.74, 6) is -0.312. The van der Waals surface area contributed by atoms with Gasteiger partial charge in [-0.15, -0.1) is 0 Å². The van der Waals surface area contributed by atoms with Crippen molar-refractivity contribution in [1.29, 1.82) is 0 Å². The van der Waals surface area contributed by atoms with E-state index in [9.17, 15) is 13.2 Å². The lowest BCUT2D eigenvalue weighted by molar-refractivity contribution is -0.111. The van der Waals surface area contributed by atoms with E-state index in [1.807, 2.05) is 6.07 Å². The number of hydrogen-bond donors (Lipinski definition) is 1. The van der Waals surface area contributed by atoms with Crippen LogP contribution in [0.2, 0.25) is 0 Å². The average Bonchev–Trinajstić information content (AvgIpc) is 2.68. The summed E-state index contributed by atoms with van der Waals surface area (Å²) in [7, 11) is -3.56. The largest absolute Gasteiger partial charge is 0.323 e. The molecule has 3 rings (SSSR count). The molecule has 0 radical (unpaired) electrons. The second kappa shape index (κ2) is 7.76. The minimum Gasteiger partial charge on any atom is -0.323 e. The molecule has 0 fully saturated rings. The highest BCUT2D eigenvalue weighted by atomic mass is 32.2. The van der Waals surface area contributed by atoms with E-state index in [1.54, 1.807) is 67.0 Å². The van der Waals surface area contributed by atoms with E-state index in [1.165, 1.54) is 18.2 Å². The van der Waals surface area contributed by atoms with Gasteiger partial charge in [0, 0.05) is 24.2 Å². The van der Waals surface area contributed by atoms with Gasteiger partial charge in [0.2, 0.25) is 15.7 Å². The molecule has 1 heterocycles. The fourth-order valence-corrected chi connectivity index (χ4v) is 3.57. The number of sulfone groups is 1. The summed E-state index contributed by atoms with van der Waals surface area (Å²) in [6, 6.07) is 17.9. The molecule has 5 nitrogen and oxygen atoms in total. The first-order valence-electron chi connectivity index (χ1n) is 7.85. The Kier molecular flexibility index (Phi) is 5.24. The quantitative estimate of drug-likeness (QED) is 0.702. The molecule has 0 spiro atoms. The molecule has 0 aliphatic rings. The van der Waals surface area contributed by atoms with E-state index in [-0.39, 0.29) is 15.7 Å². The minimum atomic E-state index is -3.56. The summed E-state index contributed by atoms with van der Waals surface area (Å²) in [5, 5.41) is 2.69. The van der Waals surface area contributed by atoms with Crippen LogP contribution < -0.4 is 5.32 Å². The van der Waals surface area contributed by atoms with Gasteiger partial charge < -0.3 is 5.32 Å². The van der Waals surface area contributed by atoms with Gasteiger partial charge in [-0.3, -0.25) is 9.78 Å². The predicted octanol–water partition coefficient (Wildman–Crippen LogP) is 3.57. The zero-order chi connectivity index (χ0) is 18.4. The van der Waals surface area contributed by atoms with Crippen LogP contribution in [-0.2, 0) is 14.6 Å². The maximum absolute atomic E-state index is 12.5. The second-order valence-corrected chi connectivity index (χ2v) is 7.40. The number of aromatic nitrogens is 1. The van der Waals surface area contributed by atoms with Crippen molar-refractivity contribution in [3.8, 4) is 0 Å². The van der Waals surface area contributed by atoms with Gasteiger partial charge in [0.15, 0.2) is 0 Å². The molecule has 1 aromatic heterocycles. The van der Waals surface area contributed by atoms with Crippen molar-refractivity contribution in [3.63, 3.8) is 0 Å². The lowest BCUT2D eigenvalue weighted by Crippen LogP contribution is -2.08. The van der Waals surface area contributed by atoms with Crippen LogP contribution in [0, 0.1) is 0 Å². The van der Waals surface area contributed by atoms with Crippen molar-refractivity contribution in [3.05, 3.63) is 90.8 Å². The van der Waals surface area contributed by atoms with Crippen molar-refractivity contribution >= 4 is 27.5 Å². The van der Waals surface area contributed by atoms with Crippen molar-refractivity contribution in [1.82, 2.24) is 4.98 Å². The first-order chi connectivity index (χ1) is 12.6. The topological polar surface area (TPSA) is 76.1 Å². The van der Waals surface area contributed by atoms with Gasteiger partial charge in [0.25, 0.3) is 0 Å². The van der Waals surface area contributed by atoms with E-state index < -0.39 is 9.84 Å². The van der Waals surface area contributed by atoms with Crippen LogP contribution in [0.1, 0.15) is 5.56 Å². The third-order valence-corrected chi connectivity index (χ3v) is 5.38. The van der Waals surface area contributed by atoms with E-state index in [4.69, 9.17) is 0 Å². The van der Waals surface area contributed by atoms with Gasteiger partial charge in [-0.1, -0.05) is 24.3 Å². The van der Waals surface area contributed by atoms with Crippen molar-refractivity contribution in [2.75, 3.05) is 5.32 Å². The summed E-state index contributed by atoms with van der Waals surface area (Å²) in [6.07, 6.45) is 6.34. The molecule has 0 unspecified atom stereocenters. The summed E-state index contributed by atoms with van der Waals surface area (Å²) < 4.78 is 25.0. The van der Waals surface area contributed by atoms with Crippen molar-refractivity contribution < 1.29 is 13.2 Å². The molecule has 6 heteroatoms. The van der Waals surface area contributed by atoms with Crippen LogP contribution >= 0.6 is 0 Å². The van der Waals surface area contributed by atoms with Crippen LogP contribution in [0.3, 0.4) is 0 Å². The number of carbonyl (C=O) groups excluding carboxylic acids is 1. The van der Waals surface area contributed by atoms with Crippen LogP contribution in [-0.4, -0.2) is 19.3 Å². The normalized spacial score (nSPS) is 11.4. The maximum atomic E-state index is 12.5. The molecule has 26 heavy (non-hydrogen) atoms. The summed E-state index contributed by atoms with van der Waals surface area (Å²) >= 11 is 0. The number of benzene rings is 2. The third kappa shape index (κ3) is 4.23. The molecule has 0 saturated carbocycles. The zero-order valence-corrected chi connectivity index (χ0v) is 14.6. The van der Waals surface area contributed by atoms with E-state index in [0.29, 0.717) is 5.69 Å². The van der Waals surface area contributed by atoms with Gasteiger partial charge in [-0.2, -0.15) is 0 Å². The van der Waals surface area contributed by atoms with Gasteiger partial charge in [-0.25, -0.2) is 8.42 Å². The highest BCUT2D eigenvalue weighted by Gasteiger charge is 2.16. The summed E-state index contributed by atoms with van der Waals surface area (Å²) in [6.45, 7) is 0. The zero-order valence-electron chi connectivity index (χ0n) is 13.7. The monoisotopic (exact) mass is 364 g/mol. The number of nitrogens with one attached hydrogen (secondary N) is 1. The average molecular weight is 364 g/mol. The molecule has 0 atom stereocenters. The molecule has 2 aromatic carbocycles. The standard InChI is InChI=1S/C20H16N2O3S/c23-20(13-8-16-5-4-14-21-15-16)22-17-9-11-19(12-10-17)26(24,25)18-6-2-1-3-7-18/h1-15H,(H,22,23). The number of pyridine rings is 1. The third-order valence-electron chi connectivity index (χ3n) is 3.60. The van der Waals surface area contributed by atoms with E-state index >= 15 is 0 Å². The molecular formula is C20H16N2O3S. The van der Waals surface area contributed by atoms with E-state index in [2.05, 4.69) is 10.3 Å². The lowest BCUT2D eigenvalue weighted by Gasteiger charge is -2.06. The Morgan fingerprint density at radius 1 is 0.885 bits per heavy atom. The minimum absolute atomic E-state index is 0.174. The Balaban J connectivity index is 1.70. The Morgan fingerprint density at radius 2 is 1.58 bits per heavy atom. The Morgan fingerprint density at radius 3 is 2.23 bits per heavy atom. The Bertz CT molecular complexity index is 1010.